The summed E-state index contributed by atoms with van der Waals surface area (Å²) in [6.45, 7) is -0.0134. The smallest absolute Gasteiger partial charge is 0.408 e. The van der Waals surface area contributed by atoms with Crippen molar-refractivity contribution in [3.8, 4) is 5.75 Å². The number of ketones is 1. The number of amides is 2. The third-order valence-electron chi connectivity index (χ3n) is 4.96. The largest absolute Gasteiger partial charge is 0.548 e. The van der Waals surface area contributed by atoms with Crippen molar-refractivity contribution in [2.45, 2.75) is 38.0 Å². The van der Waals surface area contributed by atoms with Crippen molar-refractivity contribution in [2.24, 2.45) is 0 Å². The lowest BCUT2D eigenvalue weighted by atomic mass is 10.0. The molecular weight excluding hydrogens is 472 g/mol. The quantitative estimate of drug-likeness (QED) is 0.342. The molecule has 188 valence electrons. The number of alkyl carbamates (subject to hydrolysis) is 1. The number of rotatable bonds is 13. The van der Waals surface area contributed by atoms with Crippen LogP contribution in [-0.4, -0.2) is 59.2 Å². The number of carboxylic acid groups (broad SMARTS) is 1. The predicted octanol–water partition coefficient (Wildman–Crippen LogP) is 0.692. The first-order valence-corrected chi connectivity index (χ1v) is 13.2. The van der Waals surface area contributed by atoms with Crippen LogP contribution in [0.15, 0.2) is 54.6 Å². The molecule has 0 spiro atoms. The van der Waals surface area contributed by atoms with Gasteiger partial charge in [-0.3, -0.25) is 9.59 Å². The maximum atomic E-state index is 13.0. The van der Waals surface area contributed by atoms with E-state index in [0.29, 0.717) is 11.3 Å². The van der Waals surface area contributed by atoms with Crippen LogP contribution in [-0.2, 0) is 43.0 Å². The maximum absolute atomic E-state index is 13.0. The molecule has 3 N–H and O–H groups in total. The number of benzene rings is 2. The van der Waals surface area contributed by atoms with E-state index in [4.69, 9.17) is 4.74 Å². The number of carbonyl (C=O) groups excluding carboxylic acids is 4. The number of phenolic OH excluding ortho intramolecular Hbond substituents is 1. The van der Waals surface area contributed by atoms with Crippen molar-refractivity contribution in [2.75, 3.05) is 18.3 Å². The monoisotopic (exact) mass is 502 g/mol. The zero-order valence-electron chi connectivity index (χ0n) is 19.7. The third kappa shape index (κ3) is 10.5. The van der Waals surface area contributed by atoms with Crippen LogP contribution in [0.3, 0.4) is 0 Å². The van der Waals surface area contributed by atoms with Gasteiger partial charge in [0.25, 0.3) is 0 Å². The molecule has 2 aromatic rings. The van der Waals surface area contributed by atoms with Crippen LogP contribution in [0.1, 0.15) is 24.0 Å². The molecule has 0 aliphatic carbocycles. The van der Waals surface area contributed by atoms with E-state index in [9.17, 15) is 29.4 Å². The van der Waals surface area contributed by atoms with Gasteiger partial charge in [0.15, 0.2) is 11.5 Å². The number of phenols is 1. The number of aromatic hydroxyl groups is 1. The number of aliphatic carboxylic acids is 1. The van der Waals surface area contributed by atoms with E-state index in [1.807, 2.05) is 18.6 Å². The number of hydrogen-bond acceptors (Lipinski definition) is 7. The van der Waals surface area contributed by atoms with E-state index in [1.165, 1.54) is 12.1 Å². The van der Waals surface area contributed by atoms with Crippen LogP contribution < -0.4 is 15.7 Å². The van der Waals surface area contributed by atoms with Gasteiger partial charge < -0.3 is 30.4 Å². The maximum Gasteiger partial charge on any atom is 0.408 e. The van der Waals surface area contributed by atoms with E-state index < -0.39 is 30.1 Å². The van der Waals surface area contributed by atoms with Crippen LogP contribution >= 0.6 is 0 Å². The fourth-order valence-electron chi connectivity index (χ4n) is 3.20. The molecule has 35 heavy (non-hydrogen) atoms. The van der Waals surface area contributed by atoms with E-state index in [1.54, 1.807) is 36.4 Å². The Morgan fingerprint density at radius 3 is 2.20 bits per heavy atom. The van der Waals surface area contributed by atoms with Crippen molar-refractivity contribution >= 4 is 34.6 Å². The molecular formula is C25H30N2O7S. The first-order chi connectivity index (χ1) is 16.6. The van der Waals surface area contributed by atoms with Crippen LogP contribution in [0.5, 0.6) is 5.75 Å². The van der Waals surface area contributed by atoms with E-state index >= 15 is 0 Å². The lowest BCUT2D eigenvalue weighted by molar-refractivity contribution is -0.308. The molecule has 2 rings (SSSR count). The first-order valence-electron chi connectivity index (χ1n) is 11.0. The van der Waals surface area contributed by atoms with Gasteiger partial charge in [-0.25, -0.2) is 4.79 Å². The summed E-state index contributed by atoms with van der Waals surface area (Å²) in [5.74, 6) is -2.00. The minimum Gasteiger partial charge on any atom is -0.548 e. The summed E-state index contributed by atoms with van der Waals surface area (Å²) < 4.78 is 5.19. The number of carbonyl (C=O) groups is 4. The van der Waals surface area contributed by atoms with E-state index in [-0.39, 0.29) is 48.3 Å². The highest BCUT2D eigenvalue weighted by molar-refractivity contribution is 7.96. The fourth-order valence-corrected chi connectivity index (χ4v) is 3.99. The number of ether oxygens (including phenoxy) is 1. The van der Waals surface area contributed by atoms with E-state index in [2.05, 4.69) is 10.6 Å². The number of nitrogens with one attached hydrogen (secondary N) is 2. The minimum absolute atomic E-state index is 0.0134. The third-order valence-corrected chi connectivity index (χ3v) is 5.86. The van der Waals surface area contributed by atoms with Crippen molar-refractivity contribution in [3.05, 3.63) is 65.7 Å². The molecule has 2 amide bonds. The normalized spacial score (nSPS) is 12.4. The van der Waals surface area contributed by atoms with Crippen molar-refractivity contribution < 1.29 is 34.1 Å². The molecule has 0 bridgehead atoms. The summed E-state index contributed by atoms with van der Waals surface area (Å²) in [5.41, 5.74) is 1.37. The second-order valence-corrected chi connectivity index (χ2v) is 10.5. The fraction of sp³-hybridized carbons (Fsp3) is 0.360. The zero-order chi connectivity index (χ0) is 25.8. The molecule has 0 heterocycles. The average Bonchev–Trinajstić information content (AvgIpc) is 2.81. The first kappa shape index (κ1) is 27.7. The number of hydrogen-bond donors (Lipinski definition) is 3. The lowest BCUT2D eigenvalue weighted by Crippen LogP contribution is -2.55. The lowest BCUT2D eigenvalue weighted by Gasteiger charge is -2.24. The zero-order valence-corrected chi connectivity index (χ0v) is 20.5. The Morgan fingerprint density at radius 1 is 0.943 bits per heavy atom. The van der Waals surface area contributed by atoms with E-state index in [0.717, 1.165) is 5.56 Å². The standard InChI is InChI=1S/C25H30N2O7S/c1-35(2)16-20(29)12-13-21(24(31)32)26-23(30)22(14-17-8-10-19(28)11-9-17)27-25(33)34-15-18-6-4-3-5-7-18/h3-11,21-22H,12-16H2,1-2H3,(H3-,26,27,28,30,31,32,33). The SMILES string of the molecule is C[S+](C)CC(=O)CCC(NC(=O)C(Cc1ccc(O)cc1)NC(=O)OCc1ccccc1)C(=O)[O-]. The van der Waals surface area contributed by atoms with Crippen LogP contribution in [0.25, 0.3) is 0 Å². The molecule has 9 nitrogen and oxygen atoms in total. The topological polar surface area (TPSA) is 145 Å². The van der Waals surface area contributed by atoms with Gasteiger partial charge in [0.2, 0.25) is 5.91 Å². The average molecular weight is 503 g/mol. The molecule has 2 atom stereocenters. The number of Topliss-reactive ketones (excluding diaryl/α,β-unsaturated/α-hetero) is 1. The van der Waals surface area contributed by atoms with Crippen molar-refractivity contribution in [1.29, 1.82) is 0 Å². The minimum atomic E-state index is -1.52. The molecule has 10 heteroatoms. The van der Waals surface area contributed by atoms with Crippen molar-refractivity contribution in [1.82, 2.24) is 10.6 Å². The van der Waals surface area contributed by atoms with Gasteiger partial charge in [0.05, 0.1) is 24.5 Å². The Kier molecular flexibility index (Phi) is 11.1. The van der Waals surface area contributed by atoms with Gasteiger partial charge in [-0.1, -0.05) is 42.5 Å². The predicted molar refractivity (Wildman–Crippen MR) is 131 cm³/mol. The molecule has 0 aliphatic heterocycles. The van der Waals surface area contributed by atoms with Crippen LogP contribution in [0.4, 0.5) is 4.79 Å². The van der Waals surface area contributed by atoms with Crippen LogP contribution in [0.2, 0.25) is 0 Å². The van der Waals surface area contributed by atoms with Crippen molar-refractivity contribution in [3.63, 3.8) is 0 Å². The highest BCUT2D eigenvalue weighted by Crippen LogP contribution is 2.12. The highest BCUT2D eigenvalue weighted by Gasteiger charge is 2.26. The summed E-state index contributed by atoms with van der Waals surface area (Å²) in [4.78, 5) is 48.9. The molecule has 0 aromatic heterocycles. The molecule has 0 fully saturated rings. The summed E-state index contributed by atoms with van der Waals surface area (Å²) in [6, 6.07) is 12.4. The van der Waals surface area contributed by atoms with Crippen LogP contribution in [0, 0.1) is 0 Å². The molecule has 0 radical (unpaired) electrons. The Morgan fingerprint density at radius 2 is 1.60 bits per heavy atom. The van der Waals surface area contributed by atoms with Gasteiger partial charge in [0.1, 0.15) is 18.4 Å². The summed E-state index contributed by atoms with van der Waals surface area (Å²) in [6.07, 6.45) is 2.84. The van der Waals surface area contributed by atoms with Gasteiger partial charge in [0, 0.05) is 12.8 Å². The van der Waals surface area contributed by atoms with Gasteiger partial charge in [-0.2, -0.15) is 0 Å². The molecule has 2 unspecified atom stereocenters. The summed E-state index contributed by atoms with van der Waals surface area (Å²) in [5, 5.41) is 25.9. The summed E-state index contributed by atoms with van der Waals surface area (Å²) in [7, 11) is -0.115. The molecule has 0 aliphatic rings. The van der Waals surface area contributed by atoms with Gasteiger partial charge in [-0.05, 0) is 40.6 Å². The molecule has 0 saturated carbocycles. The van der Waals surface area contributed by atoms with Gasteiger partial charge in [-0.15, -0.1) is 0 Å². The molecule has 0 saturated heterocycles. The second-order valence-electron chi connectivity index (χ2n) is 8.22. The second kappa shape index (κ2) is 14.0. The Balaban J connectivity index is 2.06. The Hall–Kier alpha value is -3.53. The molecule has 2 aromatic carbocycles. The Bertz CT molecular complexity index is 997. The van der Waals surface area contributed by atoms with Gasteiger partial charge >= 0.3 is 6.09 Å². The Labute approximate surface area is 207 Å². The highest BCUT2D eigenvalue weighted by atomic mass is 32.2. The number of carboxylic acids is 1. The summed E-state index contributed by atoms with van der Waals surface area (Å²) >= 11 is 0.